The number of halogens is 3. The lowest BCUT2D eigenvalue weighted by Crippen LogP contribution is -2.49. The van der Waals surface area contributed by atoms with Gasteiger partial charge in [-0.3, -0.25) is 4.79 Å². The van der Waals surface area contributed by atoms with Gasteiger partial charge in [-0.05, 0) is 37.3 Å². The maximum atomic E-state index is 12.2. The van der Waals surface area contributed by atoms with E-state index in [2.05, 4.69) is 15.5 Å². The summed E-state index contributed by atoms with van der Waals surface area (Å²) in [7, 11) is 1.21. The standard InChI is InChI=1S/C17H22F3N3O3.C6H6O/c1-11-10-23(8-7-21-11)12-3-4-14(13(9-12)16(25)26-2)22-15(24)5-6-17(18,19)20;7-6-4-2-1-3-5-6/h3-4,9,11,21H,5-8,10H2,1-2H3,(H,22,24);1-5,7H/t11-;/m0./s1. The molecule has 1 aliphatic heterocycles. The molecule has 0 aromatic heterocycles. The van der Waals surface area contributed by atoms with Crippen molar-refractivity contribution >= 4 is 23.3 Å². The first kappa shape index (κ1) is 26.0. The molecule has 2 aromatic carbocycles. The number of esters is 1. The van der Waals surface area contributed by atoms with Gasteiger partial charge < -0.3 is 25.4 Å². The molecular weight excluding hydrogens is 439 g/mol. The number of ether oxygens (including phenoxy) is 1. The molecule has 33 heavy (non-hydrogen) atoms. The number of amides is 1. The molecule has 3 N–H and O–H groups in total. The molecule has 0 radical (unpaired) electrons. The van der Waals surface area contributed by atoms with Crippen LogP contribution in [0.15, 0.2) is 48.5 Å². The van der Waals surface area contributed by atoms with E-state index in [4.69, 9.17) is 9.84 Å². The Labute approximate surface area is 190 Å². The van der Waals surface area contributed by atoms with Crippen LogP contribution in [0, 0.1) is 0 Å². The van der Waals surface area contributed by atoms with Crippen LogP contribution >= 0.6 is 0 Å². The highest BCUT2D eigenvalue weighted by molar-refractivity contribution is 6.02. The minimum Gasteiger partial charge on any atom is -0.508 e. The molecule has 7 nitrogen and oxygen atoms in total. The zero-order chi connectivity index (χ0) is 24.4. The van der Waals surface area contributed by atoms with E-state index < -0.39 is 30.9 Å². The molecule has 3 rings (SSSR count). The van der Waals surface area contributed by atoms with Crippen molar-refractivity contribution in [3.05, 3.63) is 54.1 Å². The molecule has 180 valence electrons. The van der Waals surface area contributed by atoms with Gasteiger partial charge in [0.05, 0.1) is 24.8 Å². The van der Waals surface area contributed by atoms with Gasteiger partial charge in [0.25, 0.3) is 0 Å². The predicted octanol–water partition coefficient (Wildman–Crippen LogP) is 3.94. The third-order valence-corrected chi connectivity index (χ3v) is 4.81. The second kappa shape index (κ2) is 12.1. The molecule has 1 heterocycles. The van der Waals surface area contributed by atoms with Crippen LogP contribution in [0.4, 0.5) is 24.5 Å². The fraction of sp³-hybridized carbons (Fsp3) is 0.391. The van der Waals surface area contributed by atoms with E-state index in [0.29, 0.717) is 5.75 Å². The minimum atomic E-state index is -4.41. The highest BCUT2D eigenvalue weighted by Gasteiger charge is 2.28. The van der Waals surface area contributed by atoms with Crippen molar-refractivity contribution in [3.8, 4) is 5.75 Å². The second-order valence-corrected chi connectivity index (χ2v) is 7.52. The quantitative estimate of drug-likeness (QED) is 0.577. The van der Waals surface area contributed by atoms with Crippen molar-refractivity contribution in [1.29, 1.82) is 0 Å². The normalized spacial score (nSPS) is 15.8. The summed E-state index contributed by atoms with van der Waals surface area (Å²) < 4.78 is 41.5. The lowest BCUT2D eigenvalue weighted by molar-refractivity contribution is -0.142. The molecule has 1 fully saturated rings. The highest BCUT2D eigenvalue weighted by Crippen LogP contribution is 2.26. The van der Waals surface area contributed by atoms with Crippen molar-refractivity contribution in [1.82, 2.24) is 5.32 Å². The number of rotatable bonds is 5. The molecule has 0 bridgehead atoms. The number of phenolic OH excluding ortho intramolecular Hbond substituents is 1. The van der Waals surface area contributed by atoms with Crippen molar-refractivity contribution < 1.29 is 32.6 Å². The topological polar surface area (TPSA) is 90.9 Å². The number of carbonyl (C=O) groups excluding carboxylic acids is 2. The Kier molecular flexibility index (Phi) is 9.53. The SMILES string of the molecule is COC(=O)c1cc(N2CCN[C@@H](C)C2)ccc1NC(=O)CCC(F)(F)F.Oc1ccccc1. The van der Waals surface area contributed by atoms with Crippen LogP contribution in [0.25, 0.3) is 0 Å². The number of anilines is 2. The van der Waals surface area contributed by atoms with Gasteiger partial charge in [-0.1, -0.05) is 18.2 Å². The summed E-state index contributed by atoms with van der Waals surface area (Å²) >= 11 is 0. The van der Waals surface area contributed by atoms with Crippen LogP contribution in [-0.2, 0) is 9.53 Å². The molecule has 0 aliphatic carbocycles. The van der Waals surface area contributed by atoms with Gasteiger partial charge in [-0.2, -0.15) is 13.2 Å². The first-order chi connectivity index (χ1) is 15.6. The predicted molar refractivity (Wildman–Crippen MR) is 119 cm³/mol. The van der Waals surface area contributed by atoms with Crippen LogP contribution in [-0.4, -0.2) is 55.9 Å². The monoisotopic (exact) mass is 467 g/mol. The lowest BCUT2D eigenvalue weighted by Gasteiger charge is -2.34. The summed E-state index contributed by atoms with van der Waals surface area (Å²) in [5.41, 5.74) is 1.03. The molecule has 1 amide bonds. The Morgan fingerprint density at radius 1 is 1.21 bits per heavy atom. The van der Waals surface area contributed by atoms with Crippen LogP contribution in [0.5, 0.6) is 5.75 Å². The smallest absolute Gasteiger partial charge is 0.389 e. The molecule has 0 unspecified atom stereocenters. The van der Waals surface area contributed by atoms with E-state index in [-0.39, 0.29) is 17.3 Å². The summed E-state index contributed by atoms with van der Waals surface area (Å²) in [4.78, 5) is 25.9. The zero-order valence-corrected chi connectivity index (χ0v) is 18.5. The molecule has 1 atom stereocenters. The van der Waals surface area contributed by atoms with Gasteiger partial charge >= 0.3 is 12.1 Å². The average Bonchev–Trinajstić information content (AvgIpc) is 2.78. The number of para-hydroxylation sites is 1. The number of carbonyl (C=O) groups is 2. The number of phenols is 1. The van der Waals surface area contributed by atoms with Crippen LogP contribution in [0.1, 0.15) is 30.1 Å². The van der Waals surface area contributed by atoms with Gasteiger partial charge in [0.15, 0.2) is 0 Å². The average molecular weight is 467 g/mol. The van der Waals surface area contributed by atoms with E-state index in [9.17, 15) is 22.8 Å². The number of methoxy groups -OCH3 is 1. The molecule has 10 heteroatoms. The first-order valence-corrected chi connectivity index (χ1v) is 10.4. The number of hydrogen-bond donors (Lipinski definition) is 3. The Bertz CT molecular complexity index is 923. The molecule has 0 saturated carbocycles. The number of benzene rings is 2. The number of alkyl halides is 3. The van der Waals surface area contributed by atoms with E-state index in [1.165, 1.54) is 13.2 Å². The second-order valence-electron chi connectivity index (χ2n) is 7.52. The van der Waals surface area contributed by atoms with Gasteiger partial charge in [-0.25, -0.2) is 4.79 Å². The van der Waals surface area contributed by atoms with Crippen LogP contribution in [0.2, 0.25) is 0 Å². The number of aromatic hydroxyl groups is 1. The molecule has 1 saturated heterocycles. The van der Waals surface area contributed by atoms with Crippen molar-refractivity contribution in [2.75, 3.05) is 37.0 Å². The van der Waals surface area contributed by atoms with E-state index in [1.807, 2.05) is 13.0 Å². The maximum absolute atomic E-state index is 12.2. The van der Waals surface area contributed by atoms with Gasteiger partial charge in [0, 0.05) is 37.8 Å². The Morgan fingerprint density at radius 3 is 2.45 bits per heavy atom. The Hall–Kier alpha value is -3.27. The number of nitrogens with one attached hydrogen (secondary N) is 2. The minimum absolute atomic E-state index is 0.108. The third kappa shape index (κ3) is 9.01. The Morgan fingerprint density at radius 2 is 1.91 bits per heavy atom. The number of hydrogen-bond acceptors (Lipinski definition) is 6. The van der Waals surface area contributed by atoms with Crippen LogP contribution in [0.3, 0.4) is 0 Å². The summed E-state index contributed by atoms with van der Waals surface area (Å²) in [6.45, 7) is 4.34. The van der Waals surface area contributed by atoms with E-state index in [1.54, 1.807) is 36.4 Å². The van der Waals surface area contributed by atoms with E-state index in [0.717, 1.165) is 25.3 Å². The summed E-state index contributed by atoms with van der Waals surface area (Å²) in [5.74, 6) is -1.15. The largest absolute Gasteiger partial charge is 0.508 e. The number of nitrogens with zero attached hydrogens (tertiary/aromatic N) is 1. The van der Waals surface area contributed by atoms with Crippen molar-refractivity contribution in [2.45, 2.75) is 32.0 Å². The molecule has 2 aromatic rings. The zero-order valence-electron chi connectivity index (χ0n) is 18.5. The molecule has 1 aliphatic rings. The fourth-order valence-corrected chi connectivity index (χ4v) is 3.18. The van der Waals surface area contributed by atoms with Gasteiger partial charge in [-0.15, -0.1) is 0 Å². The first-order valence-electron chi connectivity index (χ1n) is 10.4. The summed E-state index contributed by atoms with van der Waals surface area (Å²) in [5, 5.41) is 14.3. The third-order valence-electron chi connectivity index (χ3n) is 4.81. The Balaban J connectivity index is 0.000000468. The van der Waals surface area contributed by atoms with E-state index >= 15 is 0 Å². The van der Waals surface area contributed by atoms with Crippen LogP contribution < -0.4 is 15.5 Å². The summed E-state index contributed by atoms with van der Waals surface area (Å²) in [6.07, 6.45) is -6.34. The van der Waals surface area contributed by atoms with Crippen molar-refractivity contribution in [2.24, 2.45) is 0 Å². The maximum Gasteiger partial charge on any atom is 0.389 e. The molecule has 0 spiro atoms. The van der Waals surface area contributed by atoms with Crippen molar-refractivity contribution in [3.63, 3.8) is 0 Å². The molecular formula is C23H28F3N3O4. The highest BCUT2D eigenvalue weighted by atomic mass is 19.4. The van der Waals surface area contributed by atoms with Gasteiger partial charge in [0.2, 0.25) is 5.91 Å². The summed E-state index contributed by atoms with van der Waals surface area (Å²) in [6, 6.07) is 13.8. The lowest BCUT2D eigenvalue weighted by atomic mass is 10.1. The fourth-order valence-electron chi connectivity index (χ4n) is 3.18. The van der Waals surface area contributed by atoms with Gasteiger partial charge in [0.1, 0.15) is 5.75 Å². The number of piperazine rings is 1.